The van der Waals surface area contributed by atoms with Gasteiger partial charge in [-0.15, -0.1) is 0 Å². The van der Waals surface area contributed by atoms with Crippen LogP contribution in [0, 0.1) is 0 Å². The Balaban J connectivity index is 2.68. The summed E-state index contributed by atoms with van der Waals surface area (Å²) in [6, 6.07) is 7.33. The van der Waals surface area contributed by atoms with Gasteiger partial charge in [0.1, 0.15) is 5.75 Å². The van der Waals surface area contributed by atoms with Gasteiger partial charge < -0.3 is 4.74 Å². The molecule has 0 aromatic heterocycles. The Morgan fingerprint density at radius 1 is 1.35 bits per heavy atom. The number of carbonyl (C=O) groups excluding carboxylic acids is 1. The number of rotatable bonds is 7. The lowest BCUT2D eigenvalue weighted by atomic mass is 10.1. The van der Waals surface area contributed by atoms with E-state index in [1.165, 1.54) is 0 Å². The third-order valence-corrected chi connectivity index (χ3v) is 2.75. The van der Waals surface area contributed by atoms with Crippen molar-refractivity contribution >= 4 is 5.78 Å². The summed E-state index contributed by atoms with van der Waals surface area (Å²) in [4.78, 5) is 14.2. The topological polar surface area (TPSA) is 29.5 Å². The normalized spacial score (nSPS) is 10.6. The van der Waals surface area contributed by atoms with Crippen LogP contribution in [0.4, 0.5) is 0 Å². The average Bonchev–Trinajstić information content (AvgIpc) is 2.38. The van der Waals surface area contributed by atoms with Crippen molar-refractivity contribution in [2.24, 2.45) is 0 Å². The van der Waals surface area contributed by atoms with E-state index in [-0.39, 0.29) is 5.78 Å². The van der Waals surface area contributed by atoms with Gasteiger partial charge in [0.25, 0.3) is 0 Å². The van der Waals surface area contributed by atoms with Gasteiger partial charge in [-0.3, -0.25) is 9.69 Å². The Hall–Kier alpha value is -1.35. The Morgan fingerprint density at radius 2 is 2.12 bits per heavy atom. The van der Waals surface area contributed by atoms with E-state index in [4.69, 9.17) is 4.74 Å². The first kappa shape index (κ1) is 13.7. The van der Waals surface area contributed by atoms with Crippen LogP contribution in [0.5, 0.6) is 5.75 Å². The molecule has 0 N–H and O–H groups in total. The van der Waals surface area contributed by atoms with Crippen molar-refractivity contribution < 1.29 is 9.53 Å². The van der Waals surface area contributed by atoms with Gasteiger partial charge in [0.15, 0.2) is 5.78 Å². The van der Waals surface area contributed by atoms with Gasteiger partial charge in [-0.05, 0) is 31.6 Å². The summed E-state index contributed by atoms with van der Waals surface area (Å²) in [7, 11) is 1.61. The molecule has 0 spiro atoms. The van der Waals surface area contributed by atoms with Crippen molar-refractivity contribution in [2.45, 2.75) is 20.3 Å². The predicted octanol–water partition coefficient (Wildman–Crippen LogP) is 2.61. The van der Waals surface area contributed by atoms with E-state index in [0.29, 0.717) is 6.54 Å². The molecule has 0 unspecified atom stereocenters. The van der Waals surface area contributed by atoms with Crippen molar-refractivity contribution in [2.75, 3.05) is 26.7 Å². The molecule has 0 aliphatic heterocycles. The molecule has 0 saturated carbocycles. The van der Waals surface area contributed by atoms with E-state index in [1.807, 2.05) is 18.2 Å². The van der Waals surface area contributed by atoms with Crippen LogP contribution in [0.3, 0.4) is 0 Å². The molecule has 0 saturated heterocycles. The second-order valence-corrected chi connectivity index (χ2v) is 4.02. The number of Topliss-reactive ketones (excluding diaryl/α,β-unsaturated/α-hetero) is 1. The predicted molar refractivity (Wildman–Crippen MR) is 69.7 cm³/mol. The summed E-state index contributed by atoms with van der Waals surface area (Å²) in [5.41, 5.74) is 0.721. The number of hydrogen-bond acceptors (Lipinski definition) is 3. The lowest BCUT2D eigenvalue weighted by molar-refractivity contribution is 0.0934. The van der Waals surface area contributed by atoms with Crippen LogP contribution >= 0.6 is 0 Å². The number of likely N-dealkylation sites (N-methyl/N-ethyl adjacent to an activating group) is 1. The average molecular weight is 235 g/mol. The van der Waals surface area contributed by atoms with Crippen molar-refractivity contribution in [3.05, 3.63) is 29.8 Å². The van der Waals surface area contributed by atoms with Gasteiger partial charge in [-0.2, -0.15) is 0 Å². The molecule has 0 bridgehead atoms. The number of ether oxygens (including phenoxy) is 1. The standard InChI is InChI=1S/C14H21NO2/c1-4-9-15(5-2)11-14(16)12-7-6-8-13(10-12)17-3/h6-8,10H,4-5,9,11H2,1-3H3. The Morgan fingerprint density at radius 3 is 2.71 bits per heavy atom. The number of ketones is 1. The van der Waals surface area contributed by atoms with E-state index in [9.17, 15) is 4.79 Å². The number of carbonyl (C=O) groups is 1. The second-order valence-electron chi connectivity index (χ2n) is 4.02. The van der Waals surface area contributed by atoms with E-state index in [2.05, 4.69) is 18.7 Å². The Bertz CT molecular complexity index is 363. The summed E-state index contributed by atoms with van der Waals surface area (Å²) in [5, 5.41) is 0. The second kappa shape index (κ2) is 7.07. The van der Waals surface area contributed by atoms with E-state index < -0.39 is 0 Å². The van der Waals surface area contributed by atoms with Gasteiger partial charge in [-0.1, -0.05) is 26.0 Å². The fraction of sp³-hybridized carbons (Fsp3) is 0.500. The lowest BCUT2D eigenvalue weighted by Crippen LogP contribution is -2.30. The lowest BCUT2D eigenvalue weighted by Gasteiger charge is -2.18. The SMILES string of the molecule is CCCN(CC)CC(=O)c1cccc(OC)c1. The summed E-state index contributed by atoms with van der Waals surface area (Å²) in [6.45, 7) is 6.56. The fourth-order valence-electron chi connectivity index (χ4n) is 1.76. The first-order valence-corrected chi connectivity index (χ1v) is 6.10. The number of hydrogen-bond donors (Lipinski definition) is 0. The van der Waals surface area contributed by atoms with E-state index in [0.717, 1.165) is 30.8 Å². The first-order chi connectivity index (χ1) is 8.21. The quantitative estimate of drug-likeness (QED) is 0.680. The minimum atomic E-state index is 0.152. The summed E-state index contributed by atoms with van der Waals surface area (Å²) < 4.78 is 5.12. The van der Waals surface area contributed by atoms with Crippen molar-refractivity contribution in [1.82, 2.24) is 4.90 Å². The molecular weight excluding hydrogens is 214 g/mol. The molecule has 1 rings (SSSR count). The van der Waals surface area contributed by atoms with Gasteiger partial charge in [-0.25, -0.2) is 0 Å². The largest absolute Gasteiger partial charge is 0.497 e. The molecule has 0 fully saturated rings. The third kappa shape index (κ3) is 4.19. The molecular formula is C14H21NO2. The van der Waals surface area contributed by atoms with Gasteiger partial charge in [0.2, 0.25) is 0 Å². The monoisotopic (exact) mass is 235 g/mol. The highest BCUT2D eigenvalue weighted by atomic mass is 16.5. The summed E-state index contributed by atoms with van der Waals surface area (Å²) in [5.74, 6) is 0.883. The molecule has 0 atom stereocenters. The molecule has 3 heteroatoms. The Kier molecular flexibility index (Phi) is 5.70. The third-order valence-electron chi connectivity index (χ3n) is 2.75. The van der Waals surface area contributed by atoms with Crippen LogP contribution in [0.1, 0.15) is 30.6 Å². The van der Waals surface area contributed by atoms with Gasteiger partial charge in [0.05, 0.1) is 13.7 Å². The summed E-state index contributed by atoms with van der Waals surface area (Å²) >= 11 is 0. The van der Waals surface area contributed by atoms with Crippen LogP contribution in [0.25, 0.3) is 0 Å². The van der Waals surface area contributed by atoms with Crippen LogP contribution in [0.15, 0.2) is 24.3 Å². The number of nitrogens with zero attached hydrogens (tertiary/aromatic N) is 1. The molecule has 94 valence electrons. The molecule has 1 aromatic rings. The highest BCUT2D eigenvalue weighted by Gasteiger charge is 2.11. The van der Waals surface area contributed by atoms with Crippen LogP contribution in [-0.4, -0.2) is 37.4 Å². The highest BCUT2D eigenvalue weighted by molar-refractivity contribution is 5.97. The molecule has 0 radical (unpaired) electrons. The van der Waals surface area contributed by atoms with Crippen molar-refractivity contribution in [1.29, 1.82) is 0 Å². The van der Waals surface area contributed by atoms with Gasteiger partial charge >= 0.3 is 0 Å². The van der Waals surface area contributed by atoms with Gasteiger partial charge in [0, 0.05) is 5.56 Å². The zero-order valence-corrected chi connectivity index (χ0v) is 10.9. The summed E-state index contributed by atoms with van der Waals surface area (Å²) in [6.07, 6.45) is 1.07. The van der Waals surface area contributed by atoms with Crippen molar-refractivity contribution in [3.63, 3.8) is 0 Å². The zero-order valence-electron chi connectivity index (χ0n) is 10.9. The van der Waals surface area contributed by atoms with Crippen LogP contribution < -0.4 is 4.74 Å². The molecule has 0 amide bonds. The maximum absolute atomic E-state index is 12.1. The molecule has 17 heavy (non-hydrogen) atoms. The molecule has 0 aliphatic rings. The maximum atomic E-state index is 12.1. The van der Waals surface area contributed by atoms with Crippen LogP contribution in [0.2, 0.25) is 0 Å². The molecule has 3 nitrogen and oxygen atoms in total. The first-order valence-electron chi connectivity index (χ1n) is 6.10. The number of benzene rings is 1. The fourth-order valence-corrected chi connectivity index (χ4v) is 1.76. The van der Waals surface area contributed by atoms with Crippen LogP contribution in [-0.2, 0) is 0 Å². The smallest absolute Gasteiger partial charge is 0.176 e. The molecule has 0 aliphatic carbocycles. The van der Waals surface area contributed by atoms with Crippen molar-refractivity contribution in [3.8, 4) is 5.75 Å². The zero-order chi connectivity index (χ0) is 12.7. The van der Waals surface area contributed by atoms with E-state index >= 15 is 0 Å². The maximum Gasteiger partial charge on any atom is 0.176 e. The van der Waals surface area contributed by atoms with E-state index in [1.54, 1.807) is 13.2 Å². The Labute approximate surface area is 103 Å². The molecule has 0 heterocycles. The number of methoxy groups -OCH3 is 1. The highest BCUT2D eigenvalue weighted by Crippen LogP contribution is 2.13. The minimum absolute atomic E-state index is 0.152. The minimum Gasteiger partial charge on any atom is -0.497 e. The molecule has 1 aromatic carbocycles.